The molecule has 2 heterocycles. The van der Waals surface area contributed by atoms with Crippen molar-refractivity contribution in [2.45, 2.75) is 20.8 Å². The number of ether oxygens (including phenoxy) is 1. The molecule has 2 aromatic rings. The lowest BCUT2D eigenvalue weighted by Gasteiger charge is -2.37. The fourth-order valence-corrected chi connectivity index (χ4v) is 3.37. The van der Waals surface area contributed by atoms with Crippen LogP contribution in [0.5, 0.6) is 0 Å². The number of hydrogen-bond acceptors (Lipinski definition) is 4. The van der Waals surface area contributed by atoms with Crippen molar-refractivity contribution < 1.29 is 14.3 Å². The van der Waals surface area contributed by atoms with Gasteiger partial charge >= 0.3 is 12.0 Å². The first kappa shape index (κ1) is 18.8. The van der Waals surface area contributed by atoms with E-state index in [0.717, 1.165) is 18.8 Å². The first-order chi connectivity index (χ1) is 12.9. The summed E-state index contributed by atoms with van der Waals surface area (Å²) in [5.41, 5.74) is 5.26. The van der Waals surface area contributed by atoms with Gasteiger partial charge in [0.25, 0.3) is 0 Å². The van der Waals surface area contributed by atoms with Gasteiger partial charge in [-0.25, -0.2) is 9.59 Å². The molecule has 7 heteroatoms. The Bertz CT molecular complexity index is 851. The molecule has 27 heavy (non-hydrogen) atoms. The highest BCUT2D eigenvalue weighted by Crippen LogP contribution is 2.24. The average Bonchev–Trinajstić information content (AvgIpc) is 3.03. The Kier molecular flexibility index (Phi) is 5.39. The molecule has 0 radical (unpaired) electrons. The fourth-order valence-electron chi connectivity index (χ4n) is 3.37. The highest BCUT2D eigenvalue weighted by molar-refractivity contribution is 5.99. The molecular formula is C20H26N4O3. The van der Waals surface area contributed by atoms with Gasteiger partial charge in [0.05, 0.1) is 12.8 Å². The summed E-state index contributed by atoms with van der Waals surface area (Å²) in [5.74, 6) is -0.502. The number of H-pyrrole nitrogens is 1. The number of hydrogen-bond donors (Lipinski definition) is 2. The molecule has 0 unspecified atom stereocenters. The Morgan fingerprint density at radius 3 is 2.48 bits per heavy atom. The highest BCUT2D eigenvalue weighted by atomic mass is 16.5. The van der Waals surface area contributed by atoms with Crippen molar-refractivity contribution >= 4 is 23.4 Å². The molecule has 0 aliphatic carbocycles. The Balaban J connectivity index is 1.64. The first-order valence-electron chi connectivity index (χ1n) is 9.05. The first-order valence-corrected chi connectivity index (χ1v) is 9.05. The van der Waals surface area contributed by atoms with Crippen LogP contribution in [0.3, 0.4) is 0 Å². The highest BCUT2D eigenvalue weighted by Gasteiger charge is 2.24. The molecule has 0 bridgehead atoms. The number of methoxy groups -OCH3 is 1. The number of rotatable bonds is 3. The van der Waals surface area contributed by atoms with Crippen molar-refractivity contribution in [2.75, 3.05) is 43.5 Å². The summed E-state index contributed by atoms with van der Waals surface area (Å²) < 4.78 is 4.76. The molecule has 1 aliphatic heterocycles. The molecule has 2 amide bonds. The molecule has 0 atom stereocenters. The van der Waals surface area contributed by atoms with Crippen molar-refractivity contribution in [3.8, 4) is 0 Å². The number of urea groups is 1. The summed E-state index contributed by atoms with van der Waals surface area (Å²) in [6.07, 6.45) is 0. The molecule has 1 fully saturated rings. The van der Waals surface area contributed by atoms with Gasteiger partial charge in [0.15, 0.2) is 0 Å². The maximum absolute atomic E-state index is 12.6. The van der Waals surface area contributed by atoms with Crippen LogP contribution in [0.2, 0.25) is 0 Å². The predicted molar refractivity (Wildman–Crippen MR) is 106 cm³/mol. The standard InChI is InChI=1S/C20H26N4O3/c1-13-6-5-7-17(15(13)3)23-8-10-24(11-9-23)20(26)22-16-12-14(2)21-18(16)19(25)27-4/h5-7,12,21H,8-11H2,1-4H3,(H,22,26). The fraction of sp³-hybridized carbons (Fsp3) is 0.400. The van der Waals surface area contributed by atoms with Crippen LogP contribution in [0.25, 0.3) is 0 Å². The van der Waals surface area contributed by atoms with E-state index in [0.29, 0.717) is 18.8 Å². The molecule has 0 spiro atoms. The summed E-state index contributed by atoms with van der Waals surface area (Å²) in [6, 6.07) is 7.83. The lowest BCUT2D eigenvalue weighted by atomic mass is 10.1. The number of anilines is 2. The third kappa shape index (κ3) is 3.92. The van der Waals surface area contributed by atoms with Crippen molar-refractivity contribution in [2.24, 2.45) is 0 Å². The topological polar surface area (TPSA) is 77.7 Å². The second kappa shape index (κ2) is 7.73. The second-order valence-electron chi connectivity index (χ2n) is 6.86. The summed E-state index contributed by atoms with van der Waals surface area (Å²) >= 11 is 0. The zero-order valence-corrected chi connectivity index (χ0v) is 16.3. The summed E-state index contributed by atoms with van der Waals surface area (Å²) in [4.78, 5) is 31.5. The summed E-state index contributed by atoms with van der Waals surface area (Å²) in [5, 5.41) is 2.83. The lowest BCUT2D eigenvalue weighted by molar-refractivity contribution is 0.0596. The maximum atomic E-state index is 12.6. The van der Waals surface area contributed by atoms with E-state index in [4.69, 9.17) is 4.74 Å². The van der Waals surface area contributed by atoms with Gasteiger partial charge < -0.3 is 24.8 Å². The number of nitrogens with one attached hydrogen (secondary N) is 2. The smallest absolute Gasteiger partial charge is 0.356 e. The maximum Gasteiger partial charge on any atom is 0.356 e. The minimum absolute atomic E-state index is 0.209. The number of carbonyl (C=O) groups is 2. The molecular weight excluding hydrogens is 344 g/mol. The van der Waals surface area contributed by atoms with Crippen LogP contribution in [-0.4, -0.2) is 55.2 Å². The number of benzene rings is 1. The van der Waals surface area contributed by atoms with Crippen LogP contribution >= 0.6 is 0 Å². The Labute approximate surface area is 159 Å². The van der Waals surface area contributed by atoms with E-state index in [2.05, 4.69) is 47.2 Å². The van der Waals surface area contributed by atoms with E-state index in [9.17, 15) is 9.59 Å². The molecule has 3 rings (SSSR count). The number of aryl methyl sites for hydroxylation is 2. The largest absolute Gasteiger partial charge is 0.464 e. The molecule has 1 aliphatic rings. The van der Waals surface area contributed by atoms with Crippen LogP contribution in [0.1, 0.15) is 27.3 Å². The van der Waals surface area contributed by atoms with E-state index in [1.165, 1.54) is 23.9 Å². The van der Waals surface area contributed by atoms with Gasteiger partial charge in [-0.05, 0) is 44.0 Å². The Morgan fingerprint density at radius 1 is 1.11 bits per heavy atom. The monoisotopic (exact) mass is 370 g/mol. The van der Waals surface area contributed by atoms with Crippen LogP contribution < -0.4 is 10.2 Å². The van der Waals surface area contributed by atoms with E-state index < -0.39 is 5.97 Å². The van der Waals surface area contributed by atoms with Gasteiger partial charge in [-0.2, -0.15) is 0 Å². The van der Waals surface area contributed by atoms with Gasteiger partial charge in [0.2, 0.25) is 0 Å². The zero-order valence-electron chi connectivity index (χ0n) is 16.3. The lowest BCUT2D eigenvalue weighted by Crippen LogP contribution is -2.50. The van der Waals surface area contributed by atoms with Gasteiger partial charge in [-0.15, -0.1) is 0 Å². The molecule has 1 saturated heterocycles. The van der Waals surface area contributed by atoms with Gasteiger partial charge in [0, 0.05) is 37.6 Å². The zero-order chi connectivity index (χ0) is 19.6. The van der Waals surface area contributed by atoms with Crippen molar-refractivity contribution in [1.82, 2.24) is 9.88 Å². The van der Waals surface area contributed by atoms with Crippen LogP contribution in [0.4, 0.5) is 16.2 Å². The second-order valence-corrected chi connectivity index (χ2v) is 6.86. The molecule has 1 aromatic heterocycles. The predicted octanol–water partition coefficient (Wildman–Crippen LogP) is 3.08. The molecule has 7 nitrogen and oxygen atoms in total. The number of carbonyl (C=O) groups excluding carboxylic acids is 2. The van der Waals surface area contributed by atoms with Crippen molar-refractivity contribution in [1.29, 1.82) is 0 Å². The minimum Gasteiger partial charge on any atom is -0.464 e. The third-order valence-electron chi connectivity index (χ3n) is 5.07. The third-order valence-corrected chi connectivity index (χ3v) is 5.07. The molecule has 2 N–H and O–H groups in total. The van der Waals surface area contributed by atoms with E-state index in [1.54, 1.807) is 11.0 Å². The number of aromatic amines is 1. The number of aromatic nitrogens is 1. The Morgan fingerprint density at radius 2 is 1.81 bits per heavy atom. The number of esters is 1. The normalized spacial score (nSPS) is 14.2. The molecule has 0 saturated carbocycles. The van der Waals surface area contributed by atoms with E-state index in [-0.39, 0.29) is 11.7 Å². The van der Waals surface area contributed by atoms with E-state index in [1.807, 2.05) is 6.92 Å². The SMILES string of the molecule is COC(=O)c1[nH]c(C)cc1NC(=O)N1CCN(c2cccc(C)c2C)CC1. The molecule has 1 aromatic carbocycles. The van der Waals surface area contributed by atoms with Crippen LogP contribution in [-0.2, 0) is 4.74 Å². The summed E-state index contributed by atoms with van der Waals surface area (Å²) in [7, 11) is 1.32. The quantitative estimate of drug-likeness (QED) is 0.814. The summed E-state index contributed by atoms with van der Waals surface area (Å²) in [6.45, 7) is 8.85. The number of piperazine rings is 1. The Hall–Kier alpha value is -2.96. The number of amides is 2. The molecule has 144 valence electrons. The average molecular weight is 370 g/mol. The minimum atomic E-state index is -0.502. The van der Waals surface area contributed by atoms with Gasteiger partial charge in [-0.3, -0.25) is 0 Å². The number of nitrogens with zero attached hydrogens (tertiary/aromatic N) is 2. The van der Waals surface area contributed by atoms with Crippen molar-refractivity contribution in [3.05, 3.63) is 46.8 Å². The van der Waals surface area contributed by atoms with Gasteiger partial charge in [-0.1, -0.05) is 12.1 Å². The van der Waals surface area contributed by atoms with Crippen molar-refractivity contribution in [3.63, 3.8) is 0 Å². The van der Waals surface area contributed by atoms with Crippen LogP contribution in [0, 0.1) is 20.8 Å². The van der Waals surface area contributed by atoms with Gasteiger partial charge in [0.1, 0.15) is 5.69 Å². The van der Waals surface area contributed by atoms with Crippen LogP contribution in [0.15, 0.2) is 24.3 Å². The van der Waals surface area contributed by atoms with E-state index >= 15 is 0 Å².